The lowest BCUT2D eigenvalue weighted by Crippen LogP contribution is -2.44. The average molecular weight is 310 g/mol. The summed E-state index contributed by atoms with van der Waals surface area (Å²) in [6.45, 7) is -0.143. The molecule has 0 bridgehead atoms. The highest BCUT2D eigenvalue weighted by Crippen LogP contribution is 2.28. The molecule has 5 nitrogen and oxygen atoms in total. The van der Waals surface area contributed by atoms with Gasteiger partial charge in [0.1, 0.15) is 5.75 Å². The van der Waals surface area contributed by atoms with Crippen LogP contribution in [-0.4, -0.2) is 18.4 Å². The number of hydrogen-bond donors (Lipinski definition) is 2. The van der Waals surface area contributed by atoms with Crippen molar-refractivity contribution in [2.75, 3.05) is 6.61 Å². The highest BCUT2D eigenvalue weighted by atomic mass is 16.5. The van der Waals surface area contributed by atoms with E-state index in [0.29, 0.717) is 5.75 Å². The molecular formula is C18H18N2O3. The molecule has 0 unspecified atom stereocenters. The van der Waals surface area contributed by atoms with Crippen LogP contribution < -0.4 is 15.6 Å². The Balaban J connectivity index is 1.46. The van der Waals surface area contributed by atoms with Gasteiger partial charge in [0.2, 0.25) is 5.91 Å². The van der Waals surface area contributed by atoms with E-state index in [0.717, 1.165) is 24.0 Å². The maximum atomic E-state index is 11.6. The molecule has 1 aliphatic carbocycles. The summed E-state index contributed by atoms with van der Waals surface area (Å²) in [7, 11) is 0. The summed E-state index contributed by atoms with van der Waals surface area (Å²) in [6.07, 6.45) is 1.79. The fourth-order valence-electron chi connectivity index (χ4n) is 2.14. The molecule has 118 valence electrons. The monoisotopic (exact) mass is 310 g/mol. The Hall–Kier alpha value is -2.82. The molecule has 1 saturated carbocycles. The highest BCUT2D eigenvalue weighted by molar-refractivity contribution is 5.85. The van der Waals surface area contributed by atoms with Gasteiger partial charge in [-0.1, -0.05) is 42.5 Å². The van der Waals surface area contributed by atoms with Crippen molar-refractivity contribution < 1.29 is 14.3 Å². The van der Waals surface area contributed by atoms with E-state index in [1.165, 1.54) is 0 Å². The standard InChI is InChI=1S/C18H18N2O3/c21-17(19-20-18(22)15-6-7-15)12-23-16-10-8-14(9-11-16)13-4-2-1-3-5-13/h1-5,8-11,15H,6-7,12H2,(H,19,21)(H,20,22). The topological polar surface area (TPSA) is 67.4 Å². The molecular weight excluding hydrogens is 292 g/mol. The first-order valence-corrected chi connectivity index (χ1v) is 7.59. The van der Waals surface area contributed by atoms with Gasteiger partial charge >= 0.3 is 0 Å². The molecule has 3 rings (SSSR count). The number of amides is 2. The van der Waals surface area contributed by atoms with Gasteiger partial charge in [0, 0.05) is 5.92 Å². The second kappa shape index (κ2) is 6.96. The van der Waals surface area contributed by atoms with E-state index in [1.807, 2.05) is 54.6 Å². The number of benzene rings is 2. The molecule has 0 spiro atoms. The zero-order valence-corrected chi connectivity index (χ0v) is 12.6. The number of rotatable bonds is 5. The van der Waals surface area contributed by atoms with Crippen LogP contribution in [0.3, 0.4) is 0 Å². The second-order valence-electron chi connectivity index (χ2n) is 5.49. The van der Waals surface area contributed by atoms with E-state index < -0.39 is 0 Å². The molecule has 0 saturated heterocycles. The fraction of sp³-hybridized carbons (Fsp3) is 0.222. The summed E-state index contributed by atoms with van der Waals surface area (Å²) in [6, 6.07) is 17.5. The van der Waals surface area contributed by atoms with Gasteiger partial charge in [-0.15, -0.1) is 0 Å². The van der Waals surface area contributed by atoms with E-state index in [9.17, 15) is 9.59 Å². The Kier molecular flexibility index (Phi) is 4.57. The second-order valence-corrected chi connectivity index (χ2v) is 5.49. The molecule has 0 aliphatic heterocycles. The van der Waals surface area contributed by atoms with Gasteiger partial charge < -0.3 is 4.74 Å². The van der Waals surface area contributed by atoms with Crippen molar-refractivity contribution >= 4 is 11.8 Å². The maximum absolute atomic E-state index is 11.6. The van der Waals surface area contributed by atoms with Crippen molar-refractivity contribution in [2.24, 2.45) is 5.92 Å². The number of ether oxygens (including phenoxy) is 1. The maximum Gasteiger partial charge on any atom is 0.276 e. The zero-order chi connectivity index (χ0) is 16.1. The number of hydrogen-bond acceptors (Lipinski definition) is 3. The summed E-state index contributed by atoms with van der Waals surface area (Å²) in [5.74, 6) is 0.145. The van der Waals surface area contributed by atoms with Gasteiger partial charge in [-0.25, -0.2) is 0 Å². The van der Waals surface area contributed by atoms with E-state index in [1.54, 1.807) is 0 Å². The number of nitrogens with one attached hydrogen (secondary N) is 2. The van der Waals surface area contributed by atoms with Gasteiger partial charge in [0.15, 0.2) is 6.61 Å². The number of carbonyl (C=O) groups is 2. The molecule has 2 aromatic carbocycles. The minimum Gasteiger partial charge on any atom is -0.484 e. The summed E-state index contributed by atoms with van der Waals surface area (Å²) < 4.78 is 5.40. The average Bonchev–Trinajstić information content (AvgIpc) is 3.44. The predicted octanol–water partition coefficient (Wildman–Crippen LogP) is 2.29. The molecule has 1 fully saturated rings. The lowest BCUT2D eigenvalue weighted by molar-refractivity contribution is -0.130. The Bertz CT molecular complexity index is 679. The lowest BCUT2D eigenvalue weighted by Gasteiger charge is -2.09. The molecule has 23 heavy (non-hydrogen) atoms. The van der Waals surface area contributed by atoms with Crippen LogP contribution in [0.15, 0.2) is 54.6 Å². The number of carbonyl (C=O) groups excluding carboxylic acids is 2. The quantitative estimate of drug-likeness (QED) is 0.833. The molecule has 0 heterocycles. The SMILES string of the molecule is O=C(COc1ccc(-c2ccccc2)cc1)NNC(=O)C1CC1. The van der Waals surface area contributed by atoms with Gasteiger partial charge in [0.05, 0.1) is 0 Å². The summed E-state index contributed by atoms with van der Waals surface area (Å²) in [5.41, 5.74) is 6.95. The third kappa shape index (κ3) is 4.32. The minimum absolute atomic E-state index is 0.0572. The summed E-state index contributed by atoms with van der Waals surface area (Å²) in [4.78, 5) is 23.0. The van der Waals surface area contributed by atoms with Crippen molar-refractivity contribution in [2.45, 2.75) is 12.8 Å². The Morgan fingerprint density at radius 2 is 1.57 bits per heavy atom. The van der Waals surface area contributed by atoms with Crippen molar-refractivity contribution in [3.8, 4) is 16.9 Å². The molecule has 2 amide bonds. The largest absolute Gasteiger partial charge is 0.484 e. The first-order valence-electron chi connectivity index (χ1n) is 7.59. The van der Waals surface area contributed by atoms with Crippen LogP contribution in [0.5, 0.6) is 5.75 Å². The fourth-order valence-corrected chi connectivity index (χ4v) is 2.14. The van der Waals surface area contributed by atoms with Crippen LogP contribution in [-0.2, 0) is 9.59 Å². The molecule has 2 N–H and O–H groups in total. The van der Waals surface area contributed by atoms with Crippen molar-refractivity contribution in [1.29, 1.82) is 0 Å². The van der Waals surface area contributed by atoms with Crippen LogP contribution in [0.25, 0.3) is 11.1 Å². The summed E-state index contributed by atoms with van der Waals surface area (Å²) >= 11 is 0. The third-order valence-electron chi connectivity index (χ3n) is 3.60. The molecule has 0 radical (unpaired) electrons. The Morgan fingerprint density at radius 3 is 2.22 bits per heavy atom. The first-order chi connectivity index (χ1) is 11.2. The summed E-state index contributed by atoms with van der Waals surface area (Å²) in [5, 5.41) is 0. The minimum atomic E-state index is -0.383. The lowest BCUT2D eigenvalue weighted by atomic mass is 10.1. The van der Waals surface area contributed by atoms with E-state index in [2.05, 4.69) is 10.9 Å². The third-order valence-corrected chi connectivity index (χ3v) is 3.60. The molecule has 0 atom stereocenters. The van der Waals surface area contributed by atoms with Crippen LogP contribution >= 0.6 is 0 Å². The van der Waals surface area contributed by atoms with Crippen LogP contribution in [0.1, 0.15) is 12.8 Å². The van der Waals surface area contributed by atoms with Crippen molar-refractivity contribution in [3.63, 3.8) is 0 Å². The smallest absolute Gasteiger partial charge is 0.276 e. The van der Waals surface area contributed by atoms with Gasteiger partial charge in [-0.2, -0.15) is 0 Å². The van der Waals surface area contributed by atoms with Crippen LogP contribution in [0.2, 0.25) is 0 Å². The molecule has 2 aromatic rings. The Morgan fingerprint density at radius 1 is 0.913 bits per heavy atom. The molecule has 1 aliphatic rings. The number of hydrazine groups is 1. The van der Waals surface area contributed by atoms with Gasteiger partial charge in [0.25, 0.3) is 5.91 Å². The molecule has 0 aromatic heterocycles. The van der Waals surface area contributed by atoms with E-state index >= 15 is 0 Å². The van der Waals surface area contributed by atoms with Crippen LogP contribution in [0.4, 0.5) is 0 Å². The zero-order valence-electron chi connectivity index (χ0n) is 12.6. The van der Waals surface area contributed by atoms with Gasteiger partial charge in [-0.3, -0.25) is 20.4 Å². The van der Waals surface area contributed by atoms with Crippen molar-refractivity contribution in [3.05, 3.63) is 54.6 Å². The highest BCUT2D eigenvalue weighted by Gasteiger charge is 2.29. The van der Waals surface area contributed by atoms with Gasteiger partial charge in [-0.05, 0) is 36.1 Å². The van der Waals surface area contributed by atoms with E-state index in [-0.39, 0.29) is 24.3 Å². The Labute approximate surface area is 134 Å². The molecule has 5 heteroatoms. The normalized spacial score (nSPS) is 13.2. The predicted molar refractivity (Wildman–Crippen MR) is 86.4 cm³/mol. The van der Waals surface area contributed by atoms with Crippen molar-refractivity contribution in [1.82, 2.24) is 10.9 Å². The van der Waals surface area contributed by atoms with Crippen LogP contribution in [0, 0.1) is 5.92 Å². The van der Waals surface area contributed by atoms with E-state index in [4.69, 9.17) is 4.74 Å². The first kappa shape index (κ1) is 15.1.